The molecule has 330 valence electrons. The lowest BCUT2D eigenvalue weighted by Gasteiger charge is -2.19. The zero-order chi connectivity index (χ0) is 47.0. The number of fused-ring (bicyclic) bond motifs is 9. The smallest absolute Gasteiger partial charge is 0.155 e. The molecule has 14 aromatic rings. The highest BCUT2D eigenvalue weighted by Gasteiger charge is 2.28. The Morgan fingerprint density at radius 1 is 0.296 bits per heavy atom. The average Bonchev–Trinajstić information content (AvgIpc) is 4.10. The van der Waals surface area contributed by atoms with Crippen molar-refractivity contribution < 1.29 is 4.42 Å². The fraction of sp³-hybridized carbons (Fsp3) is 0. The summed E-state index contributed by atoms with van der Waals surface area (Å²) in [5.74, 6) is 0. The van der Waals surface area contributed by atoms with Gasteiger partial charge in [-0.1, -0.05) is 194 Å². The monoisotopic (exact) mass is 903 g/mol. The van der Waals surface area contributed by atoms with Crippen LogP contribution in [-0.2, 0) is 0 Å². The number of hydrogen-bond acceptors (Lipinski definition) is 2. The molecule has 0 aliphatic rings. The van der Waals surface area contributed by atoms with Crippen LogP contribution in [0.2, 0.25) is 0 Å². The van der Waals surface area contributed by atoms with E-state index >= 15 is 0 Å². The Labute approximate surface area is 409 Å². The van der Waals surface area contributed by atoms with Crippen LogP contribution in [0, 0.1) is 11.3 Å². The van der Waals surface area contributed by atoms with E-state index < -0.39 is 0 Å². The Kier molecular flexibility index (Phi) is 9.23. The molecule has 0 saturated heterocycles. The largest absolute Gasteiger partial charge is 0.454 e. The van der Waals surface area contributed by atoms with Crippen molar-refractivity contribution in [1.82, 2.24) is 9.13 Å². The van der Waals surface area contributed by atoms with Gasteiger partial charge in [0, 0.05) is 37.9 Å². The van der Waals surface area contributed by atoms with Crippen LogP contribution in [0.5, 0.6) is 0 Å². The van der Waals surface area contributed by atoms with Crippen LogP contribution < -0.4 is 0 Å². The fourth-order valence-corrected chi connectivity index (χ4v) is 11.0. The minimum absolute atomic E-state index is 0.461. The predicted octanol–water partition coefficient (Wildman–Crippen LogP) is 18.0. The van der Waals surface area contributed by atoms with E-state index in [4.69, 9.17) is 4.42 Å². The highest BCUT2D eigenvalue weighted by Crippen LogP contribution is 2.47. The summed E-state index contributed by atoms with van der Waals surface area (Å²) in [6, 6.07) is 91.2. The maximum absolute atomic E-state index is 11.9. The molecule has 0 fully saturated rings. The zero-order valence-corrected chi connectivity index (χ0v) is 38.4. The van der Waals surface area contributed by atoms with E-state index in [0.29, 0.717) is 11.1 Å². The lowest BCUT2D eigenvalue weighted by atomic mass is 10.0. The van der Waals surface area contributed by atoms with Crippen LogP contribution in [-0.4, -0.2) is 9.13 Å². The van der Waals surface area contributed by atoms with Crippen LogP contribution in [0.25, 0.3) is 133 Å². The van der Waals surface area contributed by atoms with Crippen molar-refractivity contribution in [2.24, 2.45) is 0 Å². The first kappa shape index (κ1) is 40.4. The third kappa shape index (κ3) is 6.45. The first-order valence-corrected chi connectivity index (χ1v) is 24.1. The van der Waals surface area contributed by atoms with Gasteiger partial charge in [-0.05, 0) is 105 Å². The van der Waals surface area contributed by atoms with Gasteiger partial charge in [0.1, 0.15) is 17.2 Å². The van der Waals surface area contributed by atoms with Crippen molar-refractivity contribution >= 4 is 65.6 Å². The van der Waals surface area contributed by atoms with Crippen LogP contribution in [0.15, 0.2) is 253 Å². The van der Waals surface area contributed by atoms with Crippen molar-refractivity contribution in [2.45, 2.75) is 0 Å². The van der Waals surface area contributed by atoms with Crippen molar-refractivity contribution in [3.63, 3.8) is 0 Å². The molecule has 0 atom stereocenters. The molecule has 3 aromatic heterocycles. The van der Waals surface area contributed by atoms with Gasteiger partial charge in [-0.15, -0.1) is 0 Å². The fourth-order valence-electron chi connectivity index (χ4n) is 11.0. The molecule has 0 amide bonds. The maximum Gasteiger partial charge on any atom is 0.155 e. The molecule has 4 nitrogen and oxygen atoms in total. The SMILES string of the molecule is N#Cc1c(-n2c3ccc(-c4ccccc4)cc3c3cc(-c4ccccc4)ccc32)c(-n2c3ccc(-c4ccccc4)cc3c3cc(-c4ccccc4)ccc32)cc2c1oc1c(-c3ccccc3)cccc12. The van der Waals surface area contributed by atoms with Crippen molar-refractivity contribution in [1.29, 1.82) is 5.26 Å². The van der Waals surface area contributed by atoms with Crippen LogP contribution in [0.3, 0.4) is 0 Å². The predicted molar refractivity (Wildman–Crippen MR) is 294 cm³/mol. The second kappa shape index (κ2) is 16.2. The summed E-state index contributed by atoms with van der Waals surface area (Å²) < 4.78 is 11.8. The Balaban J connectivity index is 1.15. The summed E-state index contributed by atoms with van der Waals surface area (Å²) in [5, 5.41) is 18.1. The molecule has 11 aromatic carbocycles. The lowest BCUT2D eigenvalue weighted by molar-refractivity contribution is 0.668. The zero-order valence-electron chi connectivity index (χ0n) is 38.4. The summed E-state index contributed by atoms with van der Waals surface area (Å²) in [6.07, 6.45) is 0. The van der Waals surface area contributed by atoms with Gasteiger partial charge in [-0.3, -0.25) is 0 Å². The number of para-hydroxylation sites is 1. The quantitative estimate of drug-likeness (QED) is 0.160. The summed E-state index contributed by atoms with van der Waals surface area (Å²) in [4.78, 5) is 0. The van der Waals surface area contributed by atoms with Gasteiger partial charge >= 0.3 is 0 Å². The Morgan fingerprint density at radius 3 is 1.07 bits per heavy atom. The van der Waals surface area contributed by atoms with Gasteiger partial charge in [-0.2, -0.15) is 5.26 Å². The average molecular weight is 904 g/mol. The Morgan fingerprint density at radius 2 is 0.676 bits per heavy atom. The van der Waals surface area contributed by atoms with Gasteiger partial charge in [0.15, 0.2) is 5.58 Å². The van der Waals surface area contributed by atoms with Gasteiger partial charge in [0.25, 0.3) is 0 Å². The van der Waals surface area contributed by atoms with Crippen molar-refractivity contribution in [3.8, 4) is 73.1 Å². The van der Waals surface area contributed by atoms with Crippen LogP contribution >= 0.6 is 0 Å². The number of hydrogen-bond donors (Lipinski definition) is 0. The first-order chi connectivity index (χ1) is 35.2. The topological polar surface area (TPSA) is 46.8 Å². The third-order valence-electron chi connectivity index (χ3n) is 14.4. The normalized spacial score (nSPS) is 11.6. The minimum atomic E-state index is 0.461. The molecule has 14 rings (SSSR count). The van der Waals surface area contributed by atoms with E-state index in [2.05, 4.69) is 258 Å². The second-order valence-electron chi connectivity index (χ2n) is 18.3. The summed E-state index contributed by atoms with van der Waals surface area (Å²) in [6.45, 7) is 0. The number of nitriles is 1. The van der Waals surface area contributed by atoms with E-state index in [1.807, 2.05) is 6.07 Å². The van der Waals surface area contributed by atoms with E-state index in [1.54, 1.807) is 0 Å². The lowest BCUT2D eigenvalue weighted by Crippen LogP contribution is -2.06. The van der Waals surface area contributed by atoms with E-state index in [-0.39, 0.29) is 0 Å². The third-order valence-corrected chi connectivity index (χ3v) is 14.4. The molecule has 0 radical (unpaired) electrons. The molecule has 0 unspecified atom stereocenters. The summed E-state index contributed by atoms with van der Waals surface area (Å²) >= 11 is 0. The number of nitrogens with zero attached hydrogens (tertiary/aromatic N) is 3. The van der Waals surface area contributed by atoms with Gasteiger partial charge < -0.3 is 13.6 Å². The summed E-state index contributed by atoms with van der Waals surface area (Å²) in [5.41, 5.74) is 18.5. The molecule has 0 aliphatic heterocycles. The van der Waals surface area contributed by atoms with E-state index in [9.17, 15) is 5.26 Å². The van der Waals surface area contributed by atoms with E-state index in [0.717, 1.165) is 127 Å². The molecule has 0 spiro atoms. The van der Waals surface area contributed by atoms with Gasteiger partial charge in [0.05, 0.1) is 33.4 Å². The molecule has 4 heteroatoms. The molecule has 71 heavy (non-hydrogen) atoms. The molecule has 0 saturated carbocycles. The van der Waals surface area contributed by atoms with Crippen LogP contribution in [0.1, 0.15) is 5.56 Å². The van der Waals surface area contributed by atoms with Crippen molar-refractivity contribution in [3.05, 3.63) is 254 Å². The standard InChI is InChI=1S/C67H41N3O/c68-42-59-65(70-62-35-31-50(45-21-10-3-11-22-45)39-56(62)57-40-51(32-36-63(57)70)46-23-12-4-13-24-46)64(41-58-53-28-16-27-52(66(53)71-67(58)59)47-25-14-5-15-26-47)69-60-33-29-48(43-17-6-1-7-18-43)37-54(60)55-38-49(30-34-61(55)69)44-19-8-2-9-20-44/h1-41H. The Hall–Kier alpha value is -9.69. The first-order valence-electron chi connectivity index (χ1n) is 24.1. The van der Waals surface area contributed by atoms with Crippen LogP contribution in [0.4, 0.5) is 0 Å². The molecular weight excluding hydrogens is 863 g/mol. The van der Waals surface area contributed by atoms with Gasteiger partial charge in [-0.25, -0.2) is 0 Å². The molecule has 3 heterocycles. The maximum atomic E-state index is 11.9. The number of furan rings is 1. The highest BCUT2D eigenvalue weighted by molar-refractivity contribution is 6.17. The molecular formula is C67H41N3O. The number of rotatable bonds is 7. The molecule has 0 N–H and O–H groups in total. The van der Waals surface area contributed by atoms with E-state index in [1.165, 1.54) is 0 Å². The summed E-state index contributed by atoms with van der Waals surface area (Å²) in [7, 11) is 0. The highest BCUT2D eigenvalue weighted by atomic mass is 16.3. The molecule has 0 bridgehead atoms. The molecule has 0 aliphatic carbocycles. The Bertz CT molecular complexity index is 4230. The number of benzene rings is 11. The second-order valence-corrected chi connectivity index (χ2v) is 18.3. The minimum Gasteiger partial charge on any atom is -0.454 e. The number of aromatic nitrogens is 2. The van der Waals surface area contributed by atoms with Gasteiger partial charge in [0.2, 0.25) is 0 Å². The van der Waals surface area contributed by atoms with Crippen molar-refractivity contribution in [2.75, 3.05) is 0 Å².